The van der Waals surface area contributed by atoms with Gasteiger partial charge in [0, 0.05) is 30.8 Å². The fourth-order valence-corrected chi connectivity index (χ4v) is 2.55. The van der Waals surface area contributed by atoms with Gasteiger partial charge in [-0.25, -0.2) is 4.79 Å². The molecule has 0 atom stereocenters. The molecule has 98 valence electrons. The lowest BCUT2D eigenvalue weighted by Crippen LogP contribution is -2.27. The summed E-state index contributed by atoms with van der Waals surface area (Å²) >= 11 is 0. The maximum Gasteiger partial charge on any atom is 0.359 e. The molecule has 0 aromatic carbocycles. The summed E-state index contributed by atoms with van der Waals surface area (Å²) in [5.74, 6) is -0.291. The van der Waals surface area contributed by atoms with Gasteiger partial charge in [0.2, 0.25) is 0 Å². The normalized spacial score (nSPS) is 20.3. The predicted octanol–water partition coefficient (Wildman–Crippen LogP) is 1.21. The van der Waals surface area contributed by atoms with Crippen LogP contribution in [0.1, 0.15) is 48.4 Å². The van der Waals surface area contributed by atoms with Crippen molar-refractivity contribution in [2.24, 2.45) is 0 Å². The highest BCUT2D eigenvalue weighted by molar-refractivity contribution is 5.89. The largest absolute Gasteiger partial charge is 0.461 e. The van der Waals surface area contributed by atoms with Crippen molar-refractivity contribution in [1.29, 1.82) is 0 Å². The maximum atomic E-state index is 12.0. The molecule has 0 amide bonds. The molecule has 1 aromatic rings. The van der Waals surface area contributed by atoms with Gasteiger partial charge in [-0.2, -0.15) is 5.10 Å². The molecular weight excluding hydrogens is 230 g/mol. The first kappa shape index (κ1) is 11.7. The smallest absolute Gasteiger partial charge is 0.359 e. The Balaban J connectivity index is 2.04. The van der Waals surface area contributed by atoms with E-state index in [1.807, 2.05) is 6.92 Å². The number of nitrogens with zero attached hydrogens (tertiary/aromatic N) is 2. The first-order valence-electron chi connectivity index (χ1n) is 6.65. The van der Waals surface area contributed by atoms with Crippen LogP contribution in [0.4, 0.5) is 0 Å². The van der Waals surface area contributed by atoms with Gasteiger partial charge >= 0.3 is 5.97 Å². The lowest BCUT2D eigenvalue weighted by atomic mass is 10.1. The number of ether oxygens (including phenoxy) is 1. The van der Waals surface area contributed by atoms with Crippen LogP contribution in [-0.4, -0.2) is 28.9 Å². The van der Waals surface area contributed by atoms with Crippen LogP contribution in [0, 0.1) is 0 Å². The molecule has 1 aliphatic carbocycles. The second-order valence-electron chi connectivity index (χ2n) is 5.33. The summed E-state index contributed by atoms with van der Waals surface area (Å²) in [6, 6.07) is 0. The molecule has 1 saturated carbocycles. The zero-order valence-corrected chi connectivity index (χ0v) is 11.0. The Morgan fingerprint density at radius 1 is 1.56 bits per heavy atom. The first-order valence-corrected chi connectivity index (χ1v) is 6.65. The van der Waals surface area contributed by atoms with Gasteiger partial charge in [-0.3, -0.25) is 4.68 Å². The van der Waals surface area contributed by atoms with E-state index in [1.165, 1.54) is 5.69 Å². The first-order chi connectivity index (χ1) is 8.65. The molecule has 5 heteroatoms. The maximum absolute atomic E-state index is 12.0. The number of hydrogen-bond acceptors (Lipinski definition) is 4. The fourth-order valence-electron chi connectivity index (χ4n) is 2.55. The molecule has 18 heavy (non-hydrogen) atoms. The van der Waals surface area contributed by atoms with Crippen molar-refractivity contribution in [2.75, 3.05) is 13.2 Å². The van der Waals surface area contributed by atoms with Crippen molar-refractivity contribution in [1.82, 2.24) is 15.1 Å². The monoisotopic (exact) mass is 249 g/mol. The predicted molar refractivity (Wildman–Crippen MR) is 66.5 cm³/mol. The number of carbonyl (C=O) groups is 1. The third kappa shape index (κ3) is 1.73. The highest BCUT2D eigenvalue weighted by Crippen LogP contribution is 2.44. The molecule has 1 N–H and O–H groups in total. The molecule has 1 aliphatic heterocycles. The van der Waals surface area contributed by atoms with Crippen molar-refractivity contribution in [2.45, 2.75) is 45.2 Å². The number of nitrogens with one attached hydrogen (secondary N) is 1. The zero-order chi connectivity index (χ0) is 12.8. The lowest BCUT2D eigenvalue weighted by Gasteiger charge is -2.18. The third-order valence-electron chi connectivity index (χ3n) is 3.88. The number of hydrogen-bond donors (Lipinski definition) is 1. The minimum atomic E-state index is -0.291. The van der Waals surface area contributed by atoms with Gasteiger partial charge in [-0.1, -0.05) is 0 Å². The summed E-state index contributed by atoms with van der Waals surface area (Å²) in [5, 5.41) is 7.85. The lowest BCUT2D eigenvalue weighted by molar-refractivity contribution is 0.0516. The van der Waals surface area contributed by atoms with Gasteiger partial charge in [-0.05, 0) is 26.7 Å². The summed E-state index contributed by atoms with van der Waals surface area (Å²) in [5.41, 5.74) is 2.89. The minimum Gasteiger partial charge on any atom is -0.461 e. The molecule has 5 nitrogen and oxygen atoms in total. The Kier molecular flexibility index (Phi) is 2.66. The molecule has 2 heterocycles. The van der Waals surface area contributed by atoms with E-state index in [2.05, 4.69) is 22.0 Å². The van der Waals surface area contributed by atoms with Crippen LogP contribution in [0.5, 0.6) is 0 Å². The van der Waals surface area contributed by atoms with E-state index in [9.17, 15) is 4.79 Å². The molecule has 0 saturated heterocycles. The topological polar surface area (TPSA) is 56.1 Å². The standard InChI is InChI=1S/C13H19N3O2/c1-3-18-12(17)11-9-8-14-7-4-10(9)16(15-11)13(2)5-6-13/h14H,3-8H2,1-2H3. The van der Waals surface area contributed by atoms with Crippen LogP contribution in [0.2, 0.25) is 0 Å². The summed E-state index contributed by atoms with van der Waals surface area (Å²) < 4.78 is 7.18. The van der Waals surface area contributed by atoms with Gasteiger partial charge in [0.05, 0.1) is 12.1 Å². The van der Waals surface area contributed by atoms with Crippen molar-refractivity contribution in [3.8, 4) is 0 Å². The second-order valence-corrected chi connectivity index (χ2v) is 5.33. The number of esters is 1. The van der Waals surface area contributed by atoms with Gasteiger partial charge in [0.1, 0.15) is 0 Å². The van der Waals surface area contributed by atoms with E-state index in [-0.39, 0.29) is 11.5 Å². The van der Waals surface area contributed by atoms with Crippen molar-refractivity contribution in [3.63, 3.8) is 0 Å². The Bertz CT molecular complexity index is 489. The molecule has 0 bridgehead atoms. The summed E-state index contributed by atoms with van der Waals surface area (Å²) in [6.07, 6.45) is 3.24. The molecule has 3 rings (SSSR count). The van der Waals surface area contributed by atoms with Crippen LogP contribution in [0.25, 0.3) is 0 Å². The molecule has 0 spiro atoms. The molecule has 1 fully saturated rings. The minimum absolute atomic E-state index is 0.131. The summed E-state index contributed by atoms with van der Waals surface area (Å²) in [7, 11) is 0. The number of carbonyl (C=O) groups excluding carboxylic acids is 1. The Morgan fingerprint density at radius 3 is 3.00 bits per heavy atom. The molecule has 2 aliphatic rings. The SMILES string of the molecule is CCOC(=O)c1nn(C2(C)CC2)c2c1CNCC2. The highest BCUT2D eigenvalue weighted by atomic mass is 16.5. The zero-order valence-electron chi connectivity index (χ0n) is 11.0. The summed E-state index contributed by atoms with van der Waals surface area (Å²) in [4.78, 5) is 12.0. The fraction of sp³-hybridized carbons (Fsp3) is 0.692. The number of fused-ring (bicyclic) bond motifs is 1. The van der Waals surface area contributed by atoms with E-state index < -0.39 is 0 Å². The highest BCUT2D eigenvalue weighted by Gasteiger charge is 2.43. The summed E-state index contributed by atoms with van der Waals surface area (Å²) in [6.45, 7) is 6.10. The van der Waals surface area contributed by atoms with Gasteiger partial charge in [0.15, 0.2) is 5.69 Å². The van der Waals surface area contributed by atoms with Crippen LogP contribution in [-0.2, 0) is 23.2 Å². The van der Waals surface area contributed by atoms with Gasteiger partial charge in [-0.15, -0.1) is 0 Å². The van der Waals surface area contributed by atoms with E-state index in [0.717, 1.165) is 37.9 Å². The van der Waals surface area contributed by atoms with E-state index in [4.69, 9.17) is 4.74 Å². The average Bonchev–Trinajstić information content (AvgIpc) is 2.99. The van der Waals surface area contributed by atoms with Gasteiger partial charge < -0.3 is 10.1 Å². The van der Waals surface area contributed by atoms with Crippen LogP contribution in [0.3, 0.4) is 0 Å². The van der Waals surface area contributed by atoms with E-state index in [1.54, 1.807) is 0 Å². The quantitative estimate of drug-likeness (QED) is 0.818. The molecular formula is C13H19N3O2. The van der Waals surface area contributed by atoms with E-state index in [0.29, 0.717) is 12.3 Å². The third-order valence-corrected chi connectivity index (χ3v) is 3.88. The molecule has 1 aromatic heterocycles. The van der Waals surface area contributed by atoms with Gasteiger partial charge in [0.25, 0.3) is 0 Å². The van der Waals surface area contributed by atoms with E-state index >= 15 is 0 Å². The Hall–Kier alpha value is -1.36. The van der Waals surface area contributed by atoms with Crippen molar-refractivity contribution in [3.05, 3.63) is 17.0 Å². The molecule has 0 radical (unpaired) electrons. The van der Waals surface area contributed by atoms with Crippen LogP contribution >= 0.6 is 0 Å². The number of rotatable bonds is 3. The van der Waals surface area contributed by atoms with Crippen LogP contribution in [0.15, 0.2) is 0 Å². The number of aromatic nitrogens is 2. The average molecular weight is 249 g/mol. The Labute approximate surface area is 107 Å². The van der Waals surface area contributed by atoms with Crippen molar-refractivity contribution < 1.29 is 9.53 Å². The van der Waals surface area contributed by atoms with Crippen LogP contribution < -0.4 is 5.32 Å². The second kappa shape index (κ2) is 4.09. The molecule has 0 unspecified atom stereocenters. The Morgan fingerprint density at radius 2 is 2.33 bits per heavy atom. The van der Waals surface area contributed by atoms with Crippen molar-refractivity contribution >= 4 is 5.97 Å².